The summed E-state index contributed by atoms with van der Waals surface area (Å²) in [7, 11) is 5.50. The van der Waals surface area contributed by atoms with Gasteiger partial charge in [0.25, 0.3) is 5.91 Å². The maximum Gasteiger partial charge on any atom is 0.330 e. The third-order valence-corrected chi connectivity index (χ3v) is 18.2. The Bertz CT molecular complexity index is 2870. The second kappa shape index (κ2) is 35.2. The van der Waals surface area contributed by atoms with Crippen molar-refractivity contribution < 1.29 is 70.8 Å². The van der Waals surface area contributed by atoms with Gasteiger partial charge in [0.05, 0.1) is 6.26 Å². The van der Waals surface area contributed by atoms with Crippen LogP contribution in [0.1, 0.15) is 157 Å². The number of carbonyl (C=O) groups excluding carboxylic acids is 12. The summed E-state index contributed by atoms with van der Waals surface area (Å²) in [6.45, 7) is 30.0. The van der Waals surface area contributed by atoms with Gasteiger partial charge >= 0.3 is 6.03 Å². The molecule has 0 aromatic rings. The van der Waals surface area contributed by atoms with Crippen molar-refractivity contribution in [2.75, 3.05) is 62.1 Å². The number of hydrogen-bond donors (Lipinski definition) is 5. The molecule has 2 fully saturated rings. The molecular formula is C65H115N13O15S. The monoisotopic (exact) mass is 1350 g/mol. The fourth-order valence-electron chi connectivity index (χ4n) is 12.1. The van der Waals surface area contributed by atoms with E-state index in [0.717, 1.165) is 30.9 Å². The number of fused-ring (bicyclic) bond motifs is 1. The van der Waals surface area contributed by atoms with Crippen molar-refractivity contribution in [1.29, 1.82) is 0 Å². The molecule has 536 valence electrons. The van der Waals surface area contributed by atoms with E-state index in [2.05, 4.69) is 21.3 Å². The SMILES string of the molecule is C/C=C/C[C@@H](C)C1ON2C(=O)[C@H](C(C)C)N(C)C(=O)[C@H](CC(C)C)N(C)C(=O)[C@@H](CC(C)C)N(C)C(=O)[C@@H](C)NC(=O)[C@H](C)NC(=O)[C@H](CC(C)C)N(C)C(=O)[C@H](C(C)C)NC(=O)[C@H](C(C)(C)CN(C)C(=O)NS(C)(=O)=O)N(C)C(=O)[C@@H](C)N(C)C(=O)[C@H](CC)NC(=O)[C@H]12. The van der Waals surface area contributed by atoms with Crippen LogP contribution in [0.25, 0.3) is 0 Å². The second-order valence-electron chi connectivity index (χ2n) is 28.5. The van der Waals surface area contributed by atoms with Gasteiger partial charge in [-0.05, 0) is 95.3 Å². The Morgan fingerprint density at radius 3 is 1.53 bits per heavy atom. The molecule has 2 aliphatic heterocycles. The minimum Gasteiger partial charge on any atom is -0.343 e. The lowest BCUT2D eigenvalue weighted by Crippen LogP contribution is -2.72. The summed E-state index contributed by atoms with van der Waals surface area (Å²) in [6, 6.07) is -15.5. The third kappa shape index (κ3) is 21.6. The molecule has 0 bridgehead atoms. The highest BCUT2D eigenvalue weighted by atomic mass is 32.2. The van der Waals surface area contributed by atoms with Crippen molar-refractivity contribution in [1.82, 2.24) is 65.4 Å². The van der Waals surface area contributed by atoms with Crippen LogP contribution >= 0.6 is 0 Å². The number of nitrogens with one attached hydrogen (secondary N) is 5. The van der Waals surface area contributed by atoms with Gasteiger partial charge in [0, 0.05) is 61.3 Å². The highest BCUT2D eigenvalue weighted by Gasteiger charge is 2.55. The van der Waals surface area contributed by atoms with Gasteiger partial charge in [-0.3, -0.25) is 57.6 Å². The van der Waals surface area contributed by atoms with Crippen LogP contribution in [0.3, 0.4) is 0 Å². The number of hydrogen-bond acceptors (Lipinski definition) is 15. The molecule has 29 heteroatoms. The lowest BCUT2D eigenvalue weighted by molar-refractivity contribution is -0.321. The van der Waals surface area contributed by atoms with Crippen molar-refractivity contribution in [2.24, 2.45) is 40.9 Å². The molecule has 5 N–H and O–H groups in total. The summed E-state index contributed by atoms with van der Waals surface area (Å²) in [5, 5.41) is 11.9. The average molecular weight is 1350 g/mol. The molecule has 0 aliphatic carbocycles. The van der Waals surface area contributed by atoms with Crippen molar-refractivity contribution in [2.45, 2.75) is 229 Å². The largest absolute Gasteiger partial charge is 0.343 e. The van der Waals surface area contributed by atoms with Crippen molar-refractivity contribution >= 4 is 81.0 Å². The number of sulfonamides is 1. The van der Waals surface area contributed by atoms with Gasteiger partial charge in [-0.25, -0.2) is 23.0 Å². The van der Waals surface area contributed by atoms with Crippen LogP contribution in [0, 0.1) is 40.9 Å². The minimum atomic E-state index is -4.07. The summed E-state index contributed by atoms with van der Waals surface area (Å²) < 4.78 is 26.3. The molecule has 13 atom stereocenters. The third-order valence-electron chi connectivity index (χ3n) is 17.6. The number of rotatable bonds is 16. The number of allylic oxidation sites excluding steroid dienone is 2. The molecule has 1 unspecified atom stereocenters. The molecule has 0 aromatic carbocycles. The number of nitrogens with zero attached hydrogens (tertiary/aromatic N) is 8. The first-order chi connectivity index (χ1) is 43.1. The van der Waals surface area contributed by atoms with Gasteiger partial charge in [-0.2, -0.15) is 0 Å². The van der Waals surface area contributed by atoms with Crippen LogP contribution in [0.15, 0.2) is 12.2 Å². The van der Waals surface area contributed by atoms with E-state index in [0.29, 0.717) is 6.42 Å². The first-order valence-electron chi connectivity index (χ1n) is 32.8. The summed E-state index contributed by atoms with van der Waals surface area (Å²) in [5.41, 5.74) is -1.49. The first-order valence-corrected chi connectivity index (χ1v) is 34.7. The highest BCUT2D eigenvalue weighted by Crippen LogP contribution is 2.34. The predicted octanol–water partition coefficient (Wildman–Crippen LogP) is 2.56. The van der Waals surface area contributed by atoms with Crippen LogP contribution in [-0.4, -0.2) is 253 Å². The minimum absolute atomic E-state index is 0.0188. The summed E-state index contributed by atoms with van der Waals surface area (Å²) >= 11 is 0. The van der Waals surface area contributed by atoms with E-state index in [4.69, 9.17) is 4.84 Å². The summed E-state index contributed by atoms with van der Waals surface area (Å²) in [5.74, 6) is -10.4. The zero-order valence-corrected chi connectivity index (χ0v) is 61.7. The Morgan fingerprint density at radius 1 is 0.585 bits per heavy atom. The normalized spacial score (nSPS) is 27.4. The Hall–Kier alpha value is -6.91. The Kier molecular flexibility index (Phi) is 31.1. The van der Waals surface area contributed by atoms with Gasteiger partial charge in [-0.1, -0.05) is 109 Å². The number of hydroxylamine groups is 2. The van der Waals surface area contributed by atoms with E-state index in [-0.39, 0.29) is 55.9 Å². The average Bonchev–Trinajstić information content (AvgIpc) is 0.761. The van der Waals surface area contributed by atoms with E-state index in [1.807, 2.05) is 72.3 Å². The molecule has 0 saturated carbocycles. The van der Waals surface area contributed by atoms with E-state index >= 15 is 24.0 Å². The topological polar surface area (TPSA) is 334 Å². The maximum atomic E-state index is 15.2. The van der Waals surface area contributed by atoms with E-state index in [1.54, 1.807) is 34.6 Å². The number of carbonyl (C=O) groups is 12. The first kappa shape index (κ1) is 83.2. The van der Waals surface area contributed by atoms with Crippen molar-refractivity contribution in [3.8, 4) is 0 Å². The molecule has 0 aromatic heterocycles. The van der Waals surface area contributed by atoms with E-state index in [9.17, 15) is 42.0 Å². The molecule has 13 amide bonds. The molecule has 0 spiro atoms. The Morgan fingerprint density at radius 2 is 1.06 bits per heavy atom. The molecule has 28 nitrogen and oxygen atoms in total. The van der Waals surface area contributed by atoms with Gasteiger partial charge < -0.3 is 55.6 Å². The molecule has 0 radical (unpaired) electrons. The quantitative estimate of drug-likeness (QED) is 0.139. The number of urea groups is 1. The zero-order chi connectivity index (χ0) is 72.8. The molecule has 94 heavy (non-hydrogen) atoms. The lowest BCUT2D eigenvalue weighted by Gasteiger charge is -2.50. The lowest BCUT2D eigenvalue weighted by atomic mass is 9.81. The molecule has 2 rings (SSSR count). The smallest absolute Gasteiger partial charge is 0.330 e. The van der Waals surface area contributed by atoms with Crippen LogP contribution in [0.2, 0.25) is 0 Å². The molecule has 2 heterocycles. The second-order valence-corrected chi connectivity index (χ2v) is 30.3. The van der Waals surface area contributed by atoms with Crippen LogP contribution in [-0.2, 0) is 67.6 Å². The molecule has 2 aliphatic rings. The summed E-state index contributed by atoms with van der Waals surface area (Å²) in [4.78, 5) is 191. The molecular weight excluding hydrogens is 1230 g/mol. The van der Waals surface area contributed by atoms with Gasteiger partial charge in [0.2, 0.25) is 69.1 Å². The van der Waals surface area contributed by atoms with Crippen LogP contribution in [0.5, 0.6) is 0 Å². The van der Waals surface area contributed by atoms with Crippen LogP contribution in [0.4, 0.5) is 4.79 Å². The van der Waals surface area contributed by atoms with Crippen LogP contribution < -0.4 is 26.0 Å². The number of likely N-dealkylation sites (N-methyl/N-ethyl adjacent to an activating group) is 6. The van der Waals surface area contributed by atoms with Crippen molar-refractivity contribution in [3.05, 3.63) is 12.2 Å². The predicted molar refractivity (Wildman–Crippen MR) is 356 cm³/mol. The Labute approximate surface area is 559 Å². The number of amides is 13. The van der Waals surface area contributed by atoms with Gasteiger partial charge in [0.15, 0.2) is 6.04 Å². The van der Waals surface area contributed by atoms with Gasteiger partial charge in [0.1, 0.15) is 66.5 Å². The fourth-order valence-corrected chi connectivity index (χ4v) is 12.6. The zero-order valence-electron chi connectivity index (χ0n) is 60.9. The highest BCUT2D eigenvalue weighted by molar-refractivity contribution is 7.89. The molecule has 2 saturated heterocycles. The maximum absolute atomic E-state index is 15.2. The van der Waals surface area contributed by atoms with Gasteiger partial charge in [-0.15, -0.1) is 0 Å². The van der Waals surface area contributed by atoms with Crippen molar-refractivity contribution in [3.63, 3.8) is 0 Å². The Balaban J connectivity index is 3.08. The summed E-state index contributed by atoms with van der Waals surface area (Å²) in [6.07, 6.45) is 4.32. The fraction of sp³-hybridized carbons (Fsp3) is 0.785. The standard InChI is InChI=1S/C65H115N13O15S/c1-27-29-30-40(13)51-50-55(81)68-44(28-2)59(85)72(20)43(16)58(84)77(25)52(65(17,18)34-71(19)64(90)70-94(26,91)92)56(82)69-48(38(9)10)62(88)73(21)45(31-35(3)4)54(80)66-41(14)53(79)67-42(15)57(83)74(22)46(32-36(5)6)60(86)75(23)47(33-37(7)8)61(87)76(24)49(39(11)12)63(89)78(50)93-51/h27,29,35-52H,28,30-34H2,1-26H3,(H,66,80)(H,67,79)(H,68,81)(H,69,82)(H,70,90)/b29-27+/t40-,41+,42-,43-,44+,45+,46-,47+,48+,49+,50+,51?,52-/m1/s1. The van der Waals surface area contributed by atoms with E-state index in [1.165, 1.54) is 98.7 Å². The van der Waals surface area contributed by atoms with E-state index < -0.39 is 171 Å².